The fourth-order valence-electron chi connectivity index (χ4n) is 2.83. The summed E-state index contributed by atoms with van der Waals surface area (Å²) in [6.07, 6.45) is -0.354. The number of nitrogens with one attached hydrogen (secondary N) is 1. The molecular formula is C20H26N2O6. The number of nitrogens with zero attached hydrogens (tertiary/aromatic N) is 1. The normalized spacial score (nSPS) is 14.7. The Morgan fingerprint density at radius 1 is 1.07 bits per heavy atom. The van der Waals surface area contributed by atoms with E-state index in [1.807, 2.05) is 13.8 Å². The first-order chi connectivity index (χ1) is 13.0. The van der Waals surface area contributed by atoms with Crippen LogP contribution in [0.5, 0.6) is 0 Å². The second-order valence-electron chi connectivity index (χ2n) is 8.09. The molecule has 8 nitrogen and oxygen atoms in total. The third-order valence-electron chi connectivity index (χ3n) is 3.84. The molecule has 0 fully saturated rings. The maximum absolute atomic E-state index is 12.3. The molecule has 1 atom stereocenters. The van der Waals surface area contributed by atoms with Gasteiger partial charge in [0.1, 0.15) is 5.60 Å². The molecule has 3 amide bonds. The zero-order valence-electron chi connectivity index (χ0n) is 16.8. The van der Waals surface area contributed by atoms with Gasteiger partial charge in [-0.25, -0.2) is 9.59 Å². The van der Waals surface area contributed by atoms with Gasteiger partial charge in [-0.15, -0.1) is 0 Å². The number of carbonyl (C=O) groups is 4. The highest BCUT2D eigenvalue weighted by atomic mass is 16.7. The van der Waals surface area contributed by atoms with Gasteiger partial charge in [0.25, 0.3) is 11.8 Å². The molecule has 1 N–H and O–H groups in total. The van der Waals surface area contributed by atoms with Crippen LogP contribution in [0, 0.1) is 5.92 Å². The third kappa shape index (κ3) is 5.55. The molecule has 1 heterocycles. The number of rotatable bonds is 6. The van der Waals surface area contributed by atoms with Gasteiger partial charge >= 0.3 is 12.1 Å². The van der Waals surface area contributed by atoms with Crippen molar-refractivity contribution < 1.29 is 28.8 Å². The van der Waals surface area contributed by atoms with Crippen molar-refractivity contribution >= 4 is 23.9 Å². The third-order valence-corrected chi connectivity index (χ3v) is 3.84. The van der Waals surface area contributed by atoms with Crippen LogP contribution in [-0.4, -0.2) is 40.6 Å². The summed E-state index contributed by atoms with van der Waals surface area (Å²) in [5.41, 5.74) is -0.301. The molecule has 1 aromatic rings. The van der Waals surface area contributed by atoms with Gasteiger partial charge in [-0.2, -0.15) is 0 Å². The van der Waals surface area contributed by atoms with E-state index in [2.05, 4.69) is 5.32 Å². The molecule has 0 radical (unpaired) electrons. The highest BCUT2D eigenvalue weighted by molar-refractivity contribution is 6.20. The number of hydrogen-bond donors (Lipinski definition) is 1. The molecule has 1 aliphatic heterocycles. The Morgan fingerprint density at radius 3 is 2.07 bits per heavy atom. The van der Waals surface area contributed by atoms with E-state index >= 15 is 0 Å². The summed E-state index contributed by atoms with van der Waals surface area (Å²) in [4.78, 5) is 53.9. The number of carbonyl (C=O) groups excluding carboxylic acids is 4. The number of benzene rings is 1. The lowest BCUT2D eigenvalue weighted by Gasteiger charge is -2.24. The summed E-state index contributed by atoms with van der Waals surface area (Å²) >= 11 is 0. The number of imide groups is 1. The Kier molecular flexibility index (Phi) is 6.43. The lowest BCUT2D eigenvalue weighted by Crippen LogP contribution is -2.42. The van der Waals surface area contributed by atoms with E-state index in [0.717, 1.165) is 0 Å². The van der Waals surface area contributed by atoms with Gasteiger partial charge < -0.3 is 14.9 Å². The predicted octanol–water partition coefficient (Wildman–Crippen LogP) is 3.07. The van der Waals surface area contributed by atoms with Crippen molar-refractivity contribution in [3.05, 3.63) is 35.4 Å². The van der Waals surface area contributed by atoms with Crippen molar-refractivity contribution in [3.63, 3.8) is 0 Å². The number of amides is 3. The Balaban J connectivity index is 2.01. The highest BCUT2D eigenvalue weighted by Gasteiger charge is 2.39. The van der Waals surface area contributed by atoms with Crippen LogP contribution in [0.2, 0.25) is 0 Å². The van der Waals surface area contributed by atoms with Gasteiger partial charge in [-0.1, -0.05) is 31.0 Å². The second kappa shape index (κ2) is 8.41. The SMILES string of the molecule is CC(C)C[C@@H](CC(=O)ON1C(=O)c2ccccc2C1=O)NC(=O)OC(C)(C)C. The van der Waals surface area contributed by atoms with E-state index < -0.39 is 35.5 Å². The van der Waals surface area contributed by atoms with Gasteiger partial charge in [0.05, 0.1) is 17.5 Å². The van der Waals surface area contributed by atoms with E-state index in [1.165, 1.54) is 12.1 Å². The summed E-state index contributed by atoms with van der Waals surface area (Å²) < 4.78 is 5.22. The molecule has 0 saturated heterocycles. The van der Waals surface area contributed by atoms with E-state index in [-0.39, 0.29) is 23.5 Å². The minimum absolute atomic E-state index is 0.186. The van der Waals surface area contributed by atoms with E-state index in [4.69, 9.17) is 9.57 Å². The molecule has 0 bridgehead atoms. The molecule has 0 unspecified atom stereocenters. The van der Waals surface area contributed by atoms with E-state index in [9.17, 15) is 19.2 Å². The van der Waals surface area contributed by atoms with Gasteiger partial charge in [-0.3, -0.25) is 9.59 Å². The highest BCUT2D eigenvalue weighted by Crippen LogP contribution is 2.23. The molecule has 1 aromatic carbocycles. The van der Waals surface area contributed by atoms with Crippen LogP contribution in [0.15, 0.2) is 24.3 Å². The molecule has 0 aliphatic carbocycles. The van der Waals surface area contributed by atoms with Crippen LogP contribution in [0.4, 0.5) is 4.79 Å². The first kappa shape index (κ1) is 21.4. The quantitative estimate of drug-likeness (QED) is 0.749. The summed E-state index contributed by atoms with van der Waals surface area (Å²) in [7, 11) is 0. The Bertz CT molecular complexity index is 746. The van der Waals surface area contributed by atoms with Crippen molar-refractivity contribution in [3.8, 4) is 0 Å². The minimum Gasteiger partial charge on any atom is -0.444 e. The molecule has 1 aliphatic rings. The molecule has 0 spiro atoms. The van der Waals surface area contributed by atoms with E-state index in [0.29, 0.717) is 11.5 Å². The van der Waals surface area contributed by atoms with Gasteiger partial charge in [0, 0.05) is 6.04 Å². The standard InChI is InChI=1S/C20H26N2O6/c1-12(2)10-13(21-19(26)27-20(3,4)5)11-16(23)28-22-17(24)14-8-6-7-9-15(14)18(22)25/h6-9,12-13H,10-11H2,1-5H3,(H,21,26)/t13-/m0/s1. The number of alkyl carbamates (subject to hydrolysis) is 1. The zero-order valence-corrected chi connectivity index (χ0v) is 16.8. The molecule has 2 rings (SSSR count). The van der Waals surface area contributed by atoms with Crippen LogP contribution in [0.25, 0.3) is 0 Å². The first-order valence-electron chi connectivity index (χ1n) is 9.16. The van der Waals surface area contributed by atoms with Gasteiger partial charge in [0.2, 0.25) is 0 Å². The average molecular weight is 390 g/mol. The van der Waals surface area contributed by atoms with Crippen molar-refractivity contribution in [1.29, 1.82) is 0 Å². The van der Waals surface area contributed by atoms with Crippen LogP contribution in [0.1, 0.15) is 68.2 Å². The minimum atomic E-state index is -0.795. The Hall–Kier alpha value is -2.90. The van der Waals surface area contributed by atoms with Gasteiger partial charge in [0.15, 0.2) is 0 Å². The lowest BCUT2D eigenvalue weighted by atomic mass is 10.0. The monoisotopic (exact) mass is 390 g/mol. The largest absolute Gasteiger partial charge is 0.444 e. The second-order valence-corrected chi connectivity index (χ2v) is 8.09. The average Bonchev–Trinajstić information content (AvgIpc) is 2.78. The van der Waals surface area contributed by atoms with Crippen LogP contribution >= 0.6 is 0 Å². The first-order valence-corrected chi connectivity index (χ1v) is 9.16. The molecule has 28 heavy (non-hydrogen) atoms. The van der Waals surface area contributed by atoms with Crippen molar-refractivity contribution in [1.82, 2.24) is 10.4 Å². The van der Waals surface area contributed by atoms with Crippen LogP contribution in [0.3, 0.4) is 0 Å². The van der Waals surface area contributed by atoms with Crippen molar-refractivity contribution in [2.75, 3.05) is 0 Å². The molecule has 0 aromatic heterocycles. The fourth-order valence-corrected chi connectivity index (χ4v) is 2.83. The number of hydroxylamine groups is 2. The Labute approximate surface area is 164 Å². The molecule has 152 valence electrons. The fraction of sp³-hybridized carbons (Fsp3) is 0.500. The maximum Gasteiger partial charge on any atom is 0.407 e. The van der Waals surface area contributed by atoms with E-state index in [1.54, 1.807) is 32.9 Å². The van der Waals surface area contributed by atoms with Crippen LogP contribution < -0.4 is 5.32 Å². The smallest absolute Gasteiger partial charge is 0.407 e. The summed E-state index contributed by atoms with van der Waals surface area (Å²) in [6, 6.07) is 5.68. The van der Waals surface area contributed by atoms with Gasteiger partial charge in [-0.05, 0) is 45.2 Å². The summed E-state index contributed by atoms with van der Waals surface area (Å²) in [6.45, 7) is 9.10. The number of hydrogen-bond acceptors (Lipinski definition) is 6. The predicted molar refractivity (Wildman–Crippen MR) is 100 cm³/mol. The number of fused-ring (bicyclic) bond motifs is 1. The lowest BCUT2D eigenvalue weighted by molar-refractivity contribution is -0.169. The molecular weight excluding hydrogens is 364 g/mol. The van der Waals surface area contributed by atoms with Crippen LogP contribution in [-0.2, 0) is 14.4 Å². The number of ether oxygens (including phenoxy) is 1. The zero-order chi connectivity index (χ0) is 21.1. The maximum atomic E-state index is 12.3. The summed E-state index contributed by atoms with van der Waals surface area (Å²) in [5.74, 6) is -1.98. The molecule has 0 saturated carbocycles. The van der Waals surface area contributed by atoms with Crippen molar-refractivity contribution in [2.24, 2.45) is 5.92 Å². The molecule has 8 heteroatoms. The summed E-state index contributed by atoms with van der Waals surface area (Å²) in [5, 5.41) is 3.12. The van der Waals surface area contributed by atoms with Crippen molar-refractivity contribution in [2.45, 2.75) is 59.1 Å². The Morgan fingerprint density at radius 2 is 1.61 bits per heavy atom. The topological polar surface area (TPSA) is 102 Å².